The Hall–Kier alpha value is -3.98. The molecule has 0 unspecified atom stereocenters. The SMILES string of the molecule is CCCOc1ccc(S(=O)(=O)N2CCC(CCO[N+](=O)[O-])CC2)cc1-c1nc2c(CCC)c(C=NO)n(C)c2c(=O)[nH]1. The highest BCUT2D eigenvalue weighted by Gasteiger charge is 2.30. The molecule has 1 saturated heterocycles. The van der Waals surface area contributed by atoms with Crippen LogP contribution < -0.4 is 10.3 Å². The molecule has 0 atom stereocenters. The van der Waals surface area contributed by atoms with Gasteiger partial charge in [0.1, 0.15) is 22.6 Å². The highest BCUT2D eigenvalue weighted by molar-refractivity contribution is 7.89. The minimum atomic E-state index is -3.90. The molecule has 1 aromatic carbocycles. The molecular formula is C27H36N6O8S. The molecule has 42 heavy (non-hydrogen) atoms. The van der Waals surface area contributed by atoms with Crippen molar-refractivity contribution in [1.82, 2.24) is 18.8 Å². The Morgan fingerprint density at radius 2 is 1.98 bits per heavy atom. The van der Waals surface area contributed by atoms with Crippen molar-refractivity contribution in [3.8, 4) is 17.1 Å². The minimum absolute atomic E-state index is 0.0157. The van der Waals surface area contributed by atoms with Gasteiger partial charge in [0.25, 0.3) is 10.6 Å². The van der Waals surface area contributed by atoms with Gasteiger partial charge in [0.05, 0.1) is 35.6 Å². The van der Waals surface area contributed by atoms with Gasteiger partial charge in [-0.05, 0) is 56.2 Å². The van der Waals surface area contributed by atoms with Crippen LogP contribution in [-0.2, 0) is 28.3 Å². The monoisotopic (exact) mass is 604 g/mol. The first-order chi connectivity index (χ1) is 20.1. The number of aromatic nitrogens is 3. The van der Waals surface area contributed by atoms with Crippen LogP contribution in [0.4, 0.5) is 0 Å². The lowest BCUT2D eigenvalue weighted by Gasteiger charge is -2.31. The lowest BCUT2D eigenvalue weighted by Crippen LogP contribution is -2.38. The van der Waals surface area contributed by atoms with Gasteiger partial charge in [0.15, 0.2) is 0 Å². The summed E-state index contributed by atoms with van der Waals surface area (Å²) in [6, 6.07) is 4.53. The lowest BCUT2D eigenvalue weighted by atomic mass is 9.95. The second-order valence-corrected chi connectivity index (χ2v) is 12.2. The zero-order valence-corrected chi connectivity index (χ0v) is 24.7. The molecule has 2 N–H and O–H groups in total. The maximum Gasteiger partial charge on any atom is 0.294 e. The van der Waals surface area contributed by atoms with Crippen LogP contribution in [0.15, 0.2) is 33.0 Å². The number of benzene rings is 1. The van der Waals surface area contributed by atoms with E-state index in [0.717, 1.165) is 12.0 Å². The van der Waals surface area contributed by atoms with E-state index in [9.17, 15) is 28.5 Å². The van der Waals surface area contributed by atoms with Crippen molar-refractivity contribution in [2.24, 2.45) is 18.1 Å². The summed E-state index contributed by atoms with van der Waals surface area (Å²) in [6.07, 6.45) is 4.92. The quantitative estimate of drug-likeness (QED) is 0.128. The molecule has 0 radical (unpaired) electrons. The number of nitrogens with zero attached hydrogens (tertiary/aromatic N) is 5. The third kappa shape index (κ3) is 6.41. The van der Waals surface area contributed by atoms with Crippen molar-refractivity contribution in [3.05, 3.63) is 49.9 Å². The first-order valence-corrected chi connectivity index (χ1v) is 15.4. The van der Waals surface area contributed by atoms with E-state index in [2.05, 4.69) is 15.0 Å². The van der Waals surface area contributed by atoms with Gasteiger partial charge in [-0.2, -0.15) is 4.31 Å². The average Bonchev–Trinajstić information content (AvgIpc) is 3.23. The first kappa shape index (κ1) is 31.0. The highest BCUT2D eigenvalue weighted by Crippen LogP contribution is 2.34. The lowest BCUT2D eigenvalue weighted by molar-refractivity contribution is -0.758. The number of ether oxygens (including phenoxy) is 1. The Balaban J connectivity index is 1.73. The summed E-state index contributed by atoms with van der Waals surface area (Å²) in [5.74, 6) is 0.672. The number of hydrogen-bond acceptors (Lipinski definition) is 10. The number of rotatable bonds is 13. The predicted octanol–water partition coefficient (Wildman–Crippen LogP) is 3.48. The van der Waals surface area contributed by atoms with Gasteiger partial charge in [-0.25, -0.2) is 13.4 Å². The van der Waals surface area contributed by atoms with E-state index in [1.165, 1.54) is 22.7 Å². The van der Waals surface area contributed by atoms with Gasteiger partial charge in [-0.1, -0.05) is 25.4 Å². The molecule has 1 fully saturated rings. The molecule has 0 aliphatic carbocycles. The van der Waals surface area contributed by atoms with E-state index in [0.29, 0.717) is 66.8 Å². The normalized spacial score (nSPS) is 15.0. The van der Waals surface area contributed by atoms with E-state index >= 15 is 0 Å². The number of hydrogen-bond donors (Lipinski definition) is 2. The third-order valence-electron chi connectivity index (χ3n) is 7.47. The van der Waals surface area contributed by atoms with Crippen molar-refractivity contribution in [1.29, 1.82) is 0 Å². The molecule has 0 saturated carbocycles. The standard InChI is InChI=1S/C27H36N6O8S/c1-4-6-20-22(17-28-35)31(3)25-24(20)29-26(30-27(25)34)21-16-19(7-8-23(21)40-14-5-2)42(38,39)32-12-9-18(10-13-32)11-15-41-33(36)37/h7-8,16-18,35H,4-6,9-15H2,1-3H3,(H,29,30,34). The second-order valence-electron chi connectivity index (χ2n) is 10.2. The van der Waals surface area contributed by atoms with Gasteiger partial charge in [-0.15, -0.1) is 10.1 Å². The molecular weight excluding hydrogens is 568 g/mol. The van der Waals surface area contributed by atoms with E-state index < -0.39 is 20.7 Å². The zero-order chi connectivity index (χ0) is 30.4. The largest absolute Gasteiger partial charge is 0.493 e. The maximum absolute atomic E-state index is 13.7. The van der Waals surface area contributed by atoms with Crippen LogP contribution >= 0.6 is 0 Å². The van der Waals surface area contributed by atoms with Crippen LogP contribution in [0, 0.1) is 16.0 Å². The van der Waals surface area contributed by atoms with Crippen LogP contribution in [-0.4, -0.2) is 70.1 Å². The molecule has 0 spiro atoms. The van der Waals surface area contributed by atoms with Gasteiger partial charge >= 0.3 is 0 Å². The van der Waals surface area contributed by atoms with Crippen molar-refractivity contribution >= 4 is 27.3 Å². The topological polar surface area (TPSA) is 182 Å². The van der Waals surface area contributed by atoms with E-state index in [1.807, 2.05) is 13.8 Å². The van der Waals surface area contributed by atoms with E-state index in [1.54, 1.807) is 17.7 Å². The van der Waals surface area contributed by atoms with Gasteiger partial charge in [-0.3, -0.25) is 4.79 Å². The predicted molar refractivity (Wildman–Crippen MR) is 155 cm³/mol. The van der Waals surface area contributed by atoms with Crippen molar-refractivity contribution in [2.75, 3.05) is 26.3 Å². The summed E-state index contributed by atoms with van der Waals surface area (Å²) >= 11 is 0. The zero-order valence-electron chi connectivity index (χ0n) is 23.9. The number of sulfonamides is 1. The molecule has 3 aromatic rings. The molecule has 2 aromatic heterocycles. The number of H-pyrrole nitrogens is 1. The van der Waals surface area contributed by atoms with E-state index in [-0.39, 0.29) is 36.3 Å². The maximum atomic E-state index is 13.7. The second kappa shape index (κ2) is 13.3. The number of oxime groups is 1. The molecule has 4 rings (SSSR count). The minimum Gasteiger partial charge on any atom is -0.493 e. The Kier molecular flexibility index (Phi) is 9.83. The molecule has 15 heteroatoms. The molecule has 0 bridgehead atoms. The molecule has 3 heterocycles. The summed E-state index contributed by atoms with van der Waals surface area (Å²) in [7, 11) is -2.21. The Morgan fingerprint density at radius 1 is 1.24 bits per heavy atom. The van der Waals surface area contributed by atoms with Gasteiger partial charge < -0.3 is 24.3 Å². The van der Waals surface area contributed by atoms with Crippen LogP contribution in [0.25, 0.3) is 22.4 Å². The Bertz CT molecular complexity index is 1620. The fourth-order valence-corrected chi connectivity index (χ4v) is 6.85. The highest BCUT2D eigenvalue weighted by atomic mass is 32.2. The van der Waals surface area contributed by atoms with E-state index in [4.69, 9.17) is 9.72 Å². The summed E-state index contributed by atoms with van der Waals surface area (Å²) < 4.78 is 36.3. The number of aromatic amines is 1. The number of nitrogens with one attached hydrogen (secondary N) is 1. The summed E-state index contributed by atoms with van der Waals surface area (Å²) in [5.41, 5.74) is 1.95. The van der Waals surface area contributed by atoms with Crippen LogP contribution in [0.1, 0.15) is 57.2 Å². The molecule has 14 nitrogen and oxygen atoms in total. The van der Waals surface area contributed by atoms with Crippen LogP contribution in [0.2, 0.25) is 0 Å². The summed E-state index contributed by atoms with van der Waals surface area (Å²) in [4.78, 5) is 35.8. The smallest absolute Gasteiger partial charge is 0.294 e. The first-order valence-electron chi connectivity index (χ1n) is 14.0. The molecule has 1 aliphatic rings. The fourth-order valence-electron chi connectivity index (χ4n) is 5.35. The van der Waals surface area contributed by atoms with Crippen molar-refractivity contribution in [2.45, 2.75) is 57.3 Å². The van der Waals surface area contributed by atoms with Crippen LogP contribution in [0.5, 0.6) is 5.75 Å². The summed E-state index contributed by atoms with van der Waals surface area (Å²) in [6.45, 7) is 4.84. The Labute approximate surface area is 243 Å². The van der Waals surface area contributed by atoms with Gasteiger partial charge in [0, 0.05) is 25.7 Å². The summed E-state index contributed by atoms with van der Waals surface area (Å²) in [5, 5.41) is 22.0. The third-order valence-corrected chi connectivity index (χ3v) is 9.36. The number of fused-ring (bicyclic) bond motifs is 1. The number of piperidine rings is 1. The molecule has 228 valence electrons. The molecule has 1 aliphatic heterocycles. The van der Waals surface area contributed by atoms with Gasteiger partial charge in [0.2, 0.25) is 10.0 Å². The van der Waals surface area contributed by atoms with Crippen molar-refractivity contribution in [3.63, 3.8) is 0 Å². The average molecular weight is 605 g/mol. The van der Waals surface area contributed by atoms with Crippen LogP contribution in [0.3, 0.4) is 0 Å². The van der Waals surface area contributed by atoms with Crippen molar-refractivity contribution < 1.29 is 28.3 Å². The fraction of sp³-hybridized carbons (Fsp3) is 0.519. The number of aryl methyl sites for hydroxylation is 2. The molecule has 0 amide bonds. The Morgan fingerprint density at radius 3 is 2.62 bits per heavy atom.